The average Bonchev–Trinajstić information content (AvgIpc) is 3.69. The molecule has 0 aliphatic heterocycles. The van der Waals surface area contributed by atoms with E-state index < -0.39 is 0 Å². The van der Waals surface area contributed by atoms with Crippen LogP contribution in [0.4, 0.5) is 34.1 Å². The molecule has 64 heavy (non-hydrogen) atoms. The van der Waals surface area contributed by atoms with Gasteiger partial charge in [0.2, 0.25) is 0 Å². The van der Waals surface area contributed by atoms with Crippen LogP contribution >= 0.6 is 0 Å². The Morgan fingerprint density at radius 2 is 0.703 bits per heavy atom. The Bertz CT molecular complexity index is 3250. The van der Waals surface area contributed by atoms with Gasteiger partial charge in [0.05, 0.1) is 22.4 Å². The van der Waals surface area contributed by atoms with Crippen molar-refractivity contribution >= 4 is 55.9 Å². The highest BCUT2D eigenvalue weighted by molar-refractivity contribution is 6.12. The molecule has 0 unspecified atom stereocenters. The van der Waals surface area contributed by atoms with Crippen LogP contribution in [0.5, 0.6) is 0 Å². The Morgan fingerprint density at radius 1 is 0.328 bits per heavy atom. The average molecular weight is 822 g/mol. The lowest BCUT2D eigenvalue weighted by Crippen LogP contribution is -2.09. The van der Waals surface area contributed by atoms with E-state index in [0.717, 1.165) is 89.7 Å². The third-order valence-corrected chi connectivity index (χ3v) is 11.8. The van der Waals surface area contributed by atoms with Gasteiger partial charge in [-0.05, 0) is 110 Å². The molecule has 2 aromatic heterocycles. The number of aryl methyl sites for hydroxylation is 1. The van der Waals surface area contributed by atoms with Crippen molar-refractivity contribution in [1.29, 1.82) is 0 Å². The zero-order valence-corrected chi connectivity index (χ0v) is 35.3. The first-order valence-corrected chi connectivity index (χ1v) is 21.7. The van der Waals surface area contributed by atoms with E-state index in [-0.39, 0.29) is 0 Å². The predicted molar refractivity (Wildman–Crippen MR) is 267 cm³/mol. The molecule has 0 bridgehead atoms. The van der Waals surface area contributed by atoms with Crippen LogP contribution in [-0.4, -0.2) is 14.5 Å². The lowest BCUT2D eigenvalue weighted by molar-refractivity contribution is 1.17. The van der Waals surface area contributed by atoms with Gasteiger partial charge >= 0.3 is 0 Å². The van der Waals surface area contributed by atoms with Crippen LogP contribution in [0.3, 0.4) is 0 Å². The van der Waals surface area contributed by atoms with Crippen LogP contribution in [0.15, 0.2) is 243 Å². The fourth-order valence-electron chi connectivity index (χ4n) is 8.72. The van der Waals surface area contributed by atoms with E-state index in [2.05, 4.69) is 228 Å². The molecule has 9 aromatic carbocycles. The first-order valence-electron chi connectivity index (χ1n) is 21.7. The number of para-hydroxylation sites is 3. The summed E-state index contributed by atoms with van der Waals surface area (Å²) in [6.07, 6.45) is 0. The molecular weight excluding hydrogens is 779 g/mol. The third kappa shape index (κ3) is 7.35. The summed E-state index contributed by atoms with van der Waals surface area (Å²) < 4.78 is 2.39. The first-order chi connectivity index (χ1) is 31.6. The highest BCUT2D eigenvalue weighted by atomic mass is 15.1. The number of rotatable bonds is 10. The molecule has 0 saturated heterocycles. The van der Waals surface area contributed by atoms with Crippen LogP contribution in [0, 0.1) is 6.92 Å². The van der Waals surface area contributed by atoms with Gasteiger partial charge in [0, 0.05) is 67.3 Å². The van der Waals surface area contributed by atoms with E-state index in [1.807, 2.05) is 36.4 Å². The zero-order valence-electron chi connectivity index (χ0n) is 35.3. The van der Waals surface area contributed by atoms with Gasteiger partial charge in [-0.25, -0.2) is 9.97 Å². The largest absolute Gasteiger partial charge is 0.310 e. The number of anilines is 6. The maximum absolute atomic E-state index is 5.12. The molecule has 2 heterocycles. The summed E-state index contributed by atoms with van der Waals surface area (Å²) in [6.45, 7) is 2.13. The Balaban J connectivity index is 1.09. The number of benzene rings is 9. The molecule has 0 aliphatic carbocycles. The second kappa shape index (κ2) is 16.7. The Morgan fingerprint density at radius 3 is 1.16 bits per heavy atom. The molecule has 0 atom stereocenters. The quantitative estimate of drug-likeness (QED) is 0.138. The van der Waals surface area contributed by atoms with Gasteiger partial charge in [-0.15, -0.1) is 0 Å². The summed E-state index contributed by atoms with van der Waals surface area (Å²) in [7, 11) is 0. The number of aromatic nitrogens is 3. The molecule has 304 valence electrons. The second-order valence-corrected chi connectivity index (χ2v) is 16.0. The van der Waals surface area contributed by atoms with E-state index in [0.29, 0.717) is 5.82 Å². The lowest BCUT2D eigenvalue weighted by atomic mass is 10.1. The maximum atomic E-state index is 5.12. The molecule has 5 heteroatoms. The van der Waals surface area contributed by atoms with Gasteiger partial charge < -0.3 is 14.4 Å². The minimum Gasteiger partial charge on any atom is -0.310 e. The number of nitrogens with zero attached hydrogens (tertiary/aromatic N) is 5. The fraction of sp³-hybridized carbons (Fsp3) is 0.0169. The van der Waals surface area contributed by atoms with Crippen molar-refractivity contribution in [1.82, 2.24) is 14.5 Å². The number of hydrogen-bond donors (Lipinski definition) is 0. The van der Waals surface area contributed by atoms with Crippen LogP contribution < -0.4 is 9.80 Å². The molecule has 0 spiro atoms. The first kappa shape index (κ1) is 38.4. The van der Waals surface area contributed by atoms with E-state index in [1.54, 1.807) is 0 Å². The predicted octanol–water partition coefficient (Wildman–Crippen LogP) is 15.8. The van der Waals surface area contributed by atoms with Crippen LogP contribution in [0.1, 0.15) is 5.56 Å². The van der Waals surface area contributed by atoms with Gasteiger partial charge in [-0.1, -0.05) is 145 Å². The van der Waals surface area contributed by atoms with Gasteiger partial charge in [0.25, 0.3) is 0 Å². The van der Waals surface area contributed by atoms with Crippen molar-refractivity contribution in [3.8, 4) is 39.6 Å². The summed E-state index contributed by atoms with van der Waals surface area (Å²) in [4.78, 5) is 14.8. The molecule has 0 fully saturated rings. The summed E-state index contributed by atoms with van der Waals surface area (Å²) in [5.41, 5.74) is 15.9. The molecule has 0 amide bonds. The van der Waals surface area contributed by atoms with E-state index in [9.17, 15) is 0 Å². The molecule has 0 N–H and O–H groups in total. The highest BCUT2D eigenvalue weighted by Gasteiger charge is 2.20. The van der Waals surface area contributed by atoms with Crippen molar-refractivity contribution in [2.24, 2.45) is 0 Å². The minimum absolute atomic E-state index is 0.699. The molecule has 5 nitrogen and oxygen atoms in total. The molecule has 0 radical (unpaired) electrons. The molecule has 0 saturated carbocycles. The second-order valence-electron chi connectivity index (χ2n) is 16.0. The normalized spacial score (nSPS) is 11.2. The van der Waals surface area contributed by atoms with Gasteiger partial charge in [-0.2, -0.15) is 0 Å². The van der Waals surface area contributed by atoms with Gasteiger partial charge in [0.1, 0.15) is 0 Å². The Kier molecular flexibility index (Phi) is 10.0. The number of fused-ring (bicyclic) bond motifs is 3. The van der Waals surface area contributed by atoms with E-state index in [1.165, 1.54) is 5.56 Å². The standard InChI is InChI=1S/C59H43N5/c1-42-27-31-49(32-28-42)63(48-25-15-6-16-26-48)52-36-38-58-54(40-52)53-39-51(62(46-21-11-4-12-22-46)47-23-13-5-14-24-47)35-37-57(53)64(58)50-33-29-44(30-34-50)56-41-55(43-17-7-2-8-18-43)60-59(61-56)45-19-9-3-10-20-45/h2-41H,1H3. The Hall–Kier alpha value is -8.54. The van der Waals surface area contributed by atoms with E-state index in [4.69, 9.17) is 9.97 Å². The van der Waals surface area contributed by atoms with Crippen LogP contribution in [-0.2, 0) is 0 Å². The van der Waals surface area contributed by atoms with Crippen LogP contribution in [0.2, 0.25) is 0 Å². The van der Waals surface area contributed by atoms with Gasteiger partial charge in [-0.3, -0.25) is 0 Å². The van der Waals surface area contributed by atoms with Crippen LogP contribution in [0.25, 0.3) is 61.4 Å². The molecule has 11 rings (SSSR count). The SMILES string of the molecule is Cc1ccc(N(c2ccccc2)c2ccc3c(c2)c2cc(N(c4ccccc4)c4ccccc4)ccc2n3-c2ccc(-c3cc(-c4ccccc4)nc(-c4ccccc4)n3)cc2)cc1. The summed E-state index contributed by atoms with van der Waals surface area (Å²) in [5, 5.41) is 2.31. The lowest BCUT2D eigenvalue weighted by Gasteiger charge is -2.26. The summed E-state index contributed by atoms with van der Waals surface area (Å²) >= 11 is 0. The van der Waals surface area contributed by atoms with E-state index >= 15 is 0 Å². The fourth-order valence-corrected chi connectivity index (χ4v) is 8.72. The minimum atomic E-state index is 0.699. The van der Waals surface area contributed by atoms with Crippen molar-refractivity contribution < 1.29 is 0 Å². The topological polar surface area (TPSA) is 37.2 Å². The third-order valence-electron chi connectivity index (χ3n) is 11.8. The summed E-state index contributed by atoms with van der Waals surface area (Å²) in [6, 6.07) is 85.8. The van der Waals surface area contributed by atoms with Crippen molar-refractivity contribution in [2.75, 3.05) is 9.80 Å². The number of hydrogen-bond acceptors (Lipinski definition) is 4. The van der Waals surface area contributed by atoms with Crippen molar-refractivity contribution in [3.63, 3.8) is 0 Å². The smallest absolute Gasteiger partial charge is 0.160 e. The Labute approximate surface area is 373 Å². The molecular formula is C59H43N5. The molecule has 0 aliphatic rings. The monoisotopic (exact) mass is 821 g/mol. The van der Waals surface area contributed by atoms with Crippen molar-refractivity contribution in [2.45, 2.75) is 6.92 Å². The molecule has 11 aromatic rings. The van der Waals surface area contributed by atoms with Gasteiger partial charge in [0.15, 0.2) is 5.82 Å². The van der Waals surface area contributed by atoms with Crippen molar-refractivity contribution in [3.05, 3.63) is 248 Å². The zero-order chi connectivity index (χ0) is 42.8. The highest BCUT2D eigenvalue weighted by Crippen LogP contribution is 2.43. The summed E-state index contributed by atoms with van der Waals surface area (Å²) in [5.74, 6) is 0.699. The maximum Gasteiger partial charge on any atom is 0.160 e.